The molecule has 2 rings (SSSR count). The first-order valence-electron chi connectivity index (χ1n) is 6.99. The van der Waals surface area contributed by atoms with E-state index in [2.05, 4.69) is 15.6 Å². The van der Waals surface area contributed by atoms with Crippen LogP contribution in [0.4, 0.5) is 11.4 Å². The molecule has 0 spiro atoms. The van der Waals surface area contributed by atoms with Crippen LogP contribution in [0.15, 0.2) is 30.6 Å². The van der Waals surface area contributed by atoms with Crippen LogP contribution < -0.4 is 16.4 Å². The molecule has 5 heteroatoms. The fraction of sp³-hybridized carbons (Fsp3) is 0.375. The van der Waals surface area contributed by atoms with Crippen molar-refractivity contribution in [3.63, 3.8) is 0 Å². The maximum atomic E-state index is 12.2. The van der Waals surface area contributed by atoms with E-state index < -0.39 is 0 Å². The number of pyridine rings is 1. The van der Waals surface area contributed by atoms with Crippen LogP contribution in [-0.2, 0) is 4.79 Å². The van der Waals surface area contributed by atoms with E-state index in [0.717, 1.165) is 16.5 Å². The molecule has 2 aromatic rings. The maximum Gasteiger partial charge on any atom is 0.242 e. The Kier molecular flexibility index (Phi) is 4.02. The quantitative estimate of drug-likeness (QED) is 0.757. The van der Waals surface area contributed by atoms with Crippen molar-refractivity contribution in [3.05, 3.63) is 30.6 Å². The molecule has 1 atom stereocenters. The lowest BCUT2D eigenvalue weighted by Gasteiger charge is -2.24. The van der Waals surface area contributed by atoms with Crippen LogP contribution in [0.5, 0.6) is 0 Å². The van der Waals surface area contributed by atoms with Crippen LogP contribution >= 0.6 is 0 Å². The summed E-state index contributed by atoms with van der Waals surface area (Å²) in [7, 11) is 0. The Morgan fingerprint density at radius 2 is 1.95 bits per heavy atom. The summed E-state index contributed by atoms with van der Waals surface area (Å²) in [5, 5.41) is 8.04. The van der Waals surface area contributed by atoms with Gasteiger partial charge in [-0.1, -0.05) is 0 Å². The first-order chi connectivity index (χ1) is 9.78. The highest BCUT2D eigenvalue weighted by atomic mass is 16.2. The fourth-order valence-electron chi connectivity index (χ4n) is 2.11. The van der Waals surface area contributed by atoms with E-state index in [1.165, 1.54) is 0 Å². The summed E-state index contributed by atoms with van der Waals surface area (Å²) in [4.78, 5) is 16.2. The third kappa shape index (κ3) is 3.62. The molecule has 0 saturated heterocycles. The molecule has 0 saturated carbocycles. The summed E-state index contributed by atoms with van der Waals surface area (Å²) in [5.41, 5.74) is 7.25. The third-order valence-electron chi connectivity index (χ3n) is 3.12. The van der Waals surface area contributed by atoms with Gasteiger partial charge in [-0.3, -0.25) is 9.78 Å². The summed E-state index contributed by atoms with van der Waals surface area (Å²) in [6.07, 6.45) is 3.45. The summed E-state index contributed by atoms with van der Waals surface area (Å²) in [6.45, 7) is 7.72. The van der Waals surface area contributed by atoms with Gasteiger partial charge in [0.2, 0.25) is 5.91 Å². The fourth-order valence-corrected chi connectivity index (χ4v) is 2.11. The number of carbonyl (C=O) groups is 1. The Hall–Kier alpha value is -2.30. The smallest absolute Gasteiger partial charge is 0.242 e. The number of nitrogen functional groups attached to an aromatic ring is 1. The number of hydrogen-bond acceptors (Lipinski definition) is 4. The summed E-state index contributed by atoms with van der Waals surface area (Å²) in [6, 6.07) is 5.26. The van der Waals surface area contributed by atoms with Gasteiger partial charge in [-0.15, -0.1) is 0 Å². The molecule has 0 aliphatic carbocycles. The van der Waals surface area contributed by atoms with Crippen molar-refractivity contribution in [2.45, 2.75) is 39.3 Å². The second-order valence-electron chi connectivity index (χ2n) is 6.23. The number of carbonyl (C=O) groups excluding carboxylic acids is 1. The highest BCUT2D eigenvalue weighted by Gasteiger charge is 2.19. The molecule has 1 aromatic heterocycles. The second kappa shape index (κ2) is 5.60. The van der Waals surface area contributed by atoms with E-state index in [9.17, 15) is 4.79 Å². The van der Waals surface area contributed by atoms with Crippen molar-refractivity contribution in [2.24, 2.45) is 0 Å². The molecule has 21 heavy (non-hydrogen) atoms. The second-order valence-corrected chi connectivity index (χ2v) is 6.23. The van der Waals surface area contributed by atoms with Crippen LogP contribution in [0.2, 0.25) is 0 Å². The van der Waals surface area contributed by atoms with Crippen LogP contribution in [0.3, 0.4) is 0 Å². The van der Waals surface area contributed by atoms with Crippen LogP contribution in [0.1, 0.15) is 27.7 Å². The van der Waals surface area contributed by atoms with Crippen LogP contribution in [-0.4, -0.2) is 22.5 Å². The Bertz CT molecular complexity index is 661. The van der Waals surface area contributed by atoms with Gasteiger partial charge in [0.05, 0.1) is 0 Å². The lowest BCUT2D eigenvalue weighted by Crippen LogP contribution is -2.47. The van der Waals surface area contributed by atoms with Crippen LogP contribution in [0.25, 0.3) is 10.8 Å². The average molecular weight is 286 g/mol. The van der Waals surface area contributed by atoms with Gasteiger partial charge < -0.3 is 16.4 Å². The zero-order valence-electron chi connectivity index (χ0n) is 12.9. The number of hydrogen-bond donors (Lipinski definition) is 3. The standard InChI is InChI=1S/C16H22N4O/c1-10(15(21)20-16(2,3)4)19-14-6-5-13(17)12-9-18-8-7-11(12)14/h5-10,19H,17H2,1-4H3,(H,20,21). The van der Waals surface area contributed by atoms with Gasteiger partial charge in [0, 0.05) is 40.1 Å². The molecule has 4 N–H and O–H groups in total. The molecule has 1 aromatic carbocycles. The maximum absolute atomic E-state index is 12.2. The Morgan fingerprint density at radius 1 is 1.24 bits per heavy atom. The number of amides is 1. The largest absolute Gasteiger partial charge is 0.398 e. The molecule has 0 aliphatic rings. The van der Waals surface area contributed by atoms with Gasteiger partial charge >= 0.3 is 0 Å². The number of rotatable bonds is 3. The van der Waals surface area contributed by atoms with E-state index in [0.29, 0.717) is 5.69 Å². The SMILES string of the molecule is CC(Nc1ccc(N)c2cnccc12)C(=O)NC(C)(C)C. The van der Waals surface area contributed by atoms with Gasteiger partial charge in [-0.25, -0.2) is 0 Å². The highest BCUT2D eigenvalue weighted by molar-refractivity contribution is 6.01. The van der Waals surface area contributed by atoms with Gasteiger partial charge in [-0.2, -0.15) is 0 Å². The van der Waals surface area contributed by atoms with E-state index in [1.54, 1.807) is 12.4 Å². The molecule has 1 heterocycles. The summed E-state index contributed by atoms with van der Waals surface area (Å²) in [5.74, 6) is -0.0402. The number of aromatic nitrogens is 1. The Balaban J connectivity index is 2.24. The van der Waals surface area contributed by atoms with E-state index in [4.69, 9.17) is 5.73 Å². The highest BCUT2D eigenvalue weighted by Crippen LogP contribution is 2.27. The number of anilines is 2. The molecule has 5 nitrogen and oxygen atoms in total. The molecule has 112 valence electrons. The molecular weight excluding hydrogens is 264 g/mol. The van der Waals surface area contributed by atoms with Crippen molar-refractivity contribution in [1.29, 1.82) is 0 Å². The van der Waals surface area contributed by atoms with Gasteiger partial charge in [0.1, 0.15) is 6.04 Å². The van der Waals surface area contributed by atoms with Crippen molar-refractivity contribution >= 4 is 28.1 Å². The molecule has 1 unspecified atom stereocenters. The van der Waals surface area contributed by atoms with Crippen LogP contribution in [0, 0.1) is 0 Å². The first kappa shape index (κ1) is 15.1. The minimum Gasteiger partial charge on any atom is -0.398 e. The lowest BCUT2D eigenvalue weighted by molar-refractivity contribution is -0.122. The minimum absolute atomic E-state index is 0.0402. The molecular formula is C16H22N4O. The Labute approximate surface area is 124 Å². The van der Waals surface area contributed by atoms with Crippen molar-refractivity contribution in [1.82, 2.24) is 10.3 Å². The molecule has 0 fully saturated rings. The monoisotopic (exact) mass is 286 g/mol. The third-order valence-corrected chi connectivity index (χ3v) is 3.12. The summed E-state index contributed by atoms with van der Waals surface area (Å²) < 4.78 is 0. The molecule has 0 bridgehead atoms. The predicted octanol–water partition coefficient (Wildman–Crippen LogP) is 2.53. The van der Waals surface area contributed by atoms with Gasteiger partial charge in [0.25, 0.3) is 0 Å². The van der Waals surface area contributed by atoms with E-state index in [-0.39, 0.29) is 17.5 Å². The van der Waals surface area contributed by atoms with E-state index in [1.807, 2.05) is 45.9 Å². The Morgan fingerprint density at radius 3 is 2.62 bits per heavy atom. The average Bonchev–Trinajstić information content (AvgIpc) is 2.40. The zero-order chi connectivity index (χ0) is 15.6. The number of nitrogens with zero attached hydrogens (tertiary/aromatic N) is 1. The minimum atomic E-state index is -0.343. The lowest BCUT2D eigenvalue weighted by atomic mass is 10.1. The number of fused-ring (bicyclic) bond motifs is 1. The topological polar surface area (TPSA) is 80.0 Å². The summed E-state index contributed by atoms with van der Waals surface area (Å²) >= 11 is 0. The van der Waals surface area contributed by atoms with E-state index >= 15 is 0 Å². The number of nitrogens with one attached hydrogen (secondary N) is 2. The van der Waals surface area contributed by atoms with Gasteiger partial charge in [-0.05, 0) is 45.9 Å². The zero-order valence-corrected chi connectivity index (χ0v) is 12.9. The van der Waals surface area contributed by atoms with Crippen molar-refractivity contribution < 1.29 is 4.79 Å². The van der Waals surface area contributed by atoms with Crippen molar-refractivity contribution in [3.8, 4) is 0 Å². The first-order valence-corrected chi connectivity index (χ1v) is 6.99. The molecule has 0 radical (unpaired) electrons. The van der Waals surface area contributed by atoms with Gasteiger partial charge in [0.15, 0.2) is 0 Å². The van der Waals surface area contributed by atoms with Crippen molar-refractivity contribution in [2.75, 3.05) is 11.1 Å². The predicted molar refractivity (Wildman–Crippen MR) is 87.1 cm³/mol. The number of benzene rings is 1. The molecule has 0 aliphatic heterocycles. The number of nitrogens with two attached hydrogens (primary N) is 1. The normalized spacial score (nSPS) is 13.0. The molecule has 1 amide bonds.